The second kappa shape index (κ2) is 7.36. The van der Waals surface area contributed by atoms with E-state index in [2.05, 4.69) is 15.4 Å². The maximum atomic E-state index is 13.3. The summed E-state index contributed by atoms with van der Waals surface area (Å²) in [5, 5.41) is 8.44. The lowest BCUT2D eigenvalue weighted by molar-refractivity contribution is 0.620. The summed E-state index contributed by atoms with van der Waals surface area (Å²) in [6.45, 7) is 2.64. The van der Waals surface area contributed by atoms with Crippen LogP contribution in [0.25, 0.3) is 16.7 Å². The van der Waals surface area contributed by atoms with Crippen LogP contribution in [0.1, 0.15) is 16.8 Å². The van der Waals surface area contributed by atoms with Crippen molar-refractivity contribution in [3.63, 3.8) is 0 Å². The van der Waals surface area contributed by atoms with Gasteiger partial charge in [0.25, 0.3) is 5.56 Å². The summed E-state index contributed by atoms with van der Waals surface area (Å²) in [6, 6.07) is 14.0. The molecule has 0 fully saturated rings. The zero-order chi connectivity index (χ0) is 19.7. The van der Waals surface area contributed by atoms with Crippen LogP contribution in [0.5, 0.6) is 0 Å². The lowest BCUT2D eigenvalue weighted by Crippen LogP contribution is -2.21. The summed E-state index contributed by atoms with van der Waals surface area (Å²) in [4.78, 5) is 15.4. The standard InChI is InChI=1S/C21H18F2N4O/c1-13-19-10-15(12-24-11-14-3-2-4-17(23)9-14)21(28)25-20(19)27(26-13)18-7-5-16(22)6-8-18/h2-10,24H,11-12H2,1H3,(H,25,28). The number of nitrogens with one attached hydrogen (secondary N) is 2. The molecule has 2 aromatic heterocycles. The third-order valence-corrected chi connectivity index (χ3v) is 4.55. The smallest absolute Gasteiger partial charge is 0.254 e. The molecule has 2 N–H and O–H groups in total. The molecule has 4 rings (SSSR count). The van der Waals surface area contributed by atoms with Crippen LogP contribution in [-0.4, -0.2) is 14.8 Å². The minimum absolute atomic E-state index is 0.234. The number of aryl methyl sites for hydroxylation is 1. The van der Waals surface area contributed by atoms with Gasteiger partial charge in [-0.3, -0.25) is 4.79 Å². The Hall–Kier alpha value is -3.32. The van der Waals surface area contributed by atoms with Crippen LogP contribution >= 0.6 is 0 Å². The van der Waals surface area contributed by atoms with Gasteiger partial charge in [-0.25, -0.2) is 13.5 Å². The van der Waals surface area contributed by atoms with Crippen LogP contribution in [0.15, 0.2) is 59.4 Å². The zero-order valence-electron chi connectivity index (χ0n) is 15.2. The first kappa shape index (κ1) is 18.1. The van der Waals surface area contributed by atoms with E-state index in [1.165, 1.54) is 24.3 Å². The van der Waals surface area contributed by atoms with Gasteiger partial charge < -0.3 is 10.3 Å². The summed E-state index contributed by atoms with van der Waals surface area (Å²) < 4.78 is 28.0. The van der Waals surface area contributed by atoms with E-state index < -0.39 is 0 Å². The van der Waals surface area contributed by atoms with Gasteiger partial charge in [-0.1, -0.05) is 12.1 Å². The monoisotopic (exact) mass is 380 g/mol. The highest BCUT2D eigenvalue weighted by molar-refractivity contribution is 5.80. The van der Waals surface area contributed by atoms with Gasteiger partial charge in [0.1, 0.15) is 17.3 Å². The van der Waals surface area contributed by atoms with Gasteiger partial charge in [0, 0.05) is 24.0 Å². The van der Waals surface area contributed by atoms with E-state index in [0.29, 0.717) is 30.0 Å². The number of nitrogens with zero attached hydrogens (tertiary/aromatic N) is 2. The Morgan fingerprint density at radius 1 is 1.04 bits per heavy atom. The van der Waals surface area contributed by atoms with Gasteiger partial charge in [-0.05, 0) is 55.0 Å². The predicted octanol–water partition coefficient (Wildman–Crippen LogP) is 3.59. The van der Waals surface area contributed by atoms with Gasteiger partial charge in [0.05, 0.1) is 11.4 Å². The molecule has 0 spiro atoms. The lowest BCUT2D eigenvalue weighted by atomic mass is 10.2. The number of benzene rings is 2. The van der Waals surface area contributed by atoms with Crippen LogP contribution in [-0.2, 0) is 13.1 Å². The van der Waals surface area contributed by atoms with E-state index in [4.69, 9.17) is 0 Å². The molecule has 28 heavy (non-hydrogen) atoms. The normalized spacial score (nSPS) is 11.2. The van der Waals surface area contributed by atoms with E-state index >= 15 is 0 Å². The number of fused-ring (bicyclic) bond motifs is 1. The molecule has 0 unspecified atom stereocenters. The summed E-state index contributed by atoms with van der Waals surface area (Å²) in [5.74, 6) is -0.625. The van der Waals surface area contributed by atoms with Crippen LogP contribution < -0.4 is 10.9 Å². The van der Waals surface area contributed by atoms with E-state index in [0.717, 1.165) is 16.6 Å². The van der Waals surface area contributed by atoms with E-state index in [1.54, 1.807) is 28.9 Å². The molecular weight excluding hydrogens is 362 g/mol. The first-order valence-electron chi connectivity index (χ1n) is 8.84. The molecule has 0 amide bonds. The third kappa shape index (κ3) is 3.57. The third-order valence-electron chi connectivity index (χ3n) is 4.55. The maximum absolute atomic E-state index is 13.3. The number of hydrogen-bond acceptors (Lipinski definition) is 3. The summed E-state index contributed by atoms with van der Waals surface area (Å²) in [7, 11) is 0. The van der Waals surface area contributed by atoms with Crippen LogP contribution in [0, 0.1) is 18.6 Å². The molecule has 0 radical (unpaired) electrons. The molecule has 0 aliphatic rings. The van der Waals surface area contributed by atoms with Crippen molar-refractivity contribution in [3.8, 4) is 5.69 Å². The SMILES string of the molecule is Cc1nn(-c2ccc(F)cc2)c2[nH]c(=O)c(CNCc3cccc(F)c3)cc12. The lowest BCUT2D eigenvalue weighted by Gasteiger charge is -2.06. The van der Waals surface area contributed by atoms with Crippen molar-refractivity contribution in [2.24, 2.45) is 0 Å². The average Bonchev–Trinajstić information content (AvgIpc) is 2.98. The fraction of sp³-hybridized carbons (Fsp3) is 0.143. The van der Waals surface area contributed by atoms with Gasteiger partial charge in [0.15, 0.2) is 0 Å². The van der Waals surface area contributed by atoms with E-state index in [-0.39, 0.29) is 17.2 Å². The molecule has 2 aromatic carbocycles. The Balaban J connectivity index is 1.61. The molecule has 5 nitrogen and oxygen atoms in total. The van der Waals surface area contributed by atoms with Gasteiger partial charge in [0.2, 0.25) is 0 Å². The van der Waals surface area contributed by atoms with Gasteiger partial charge in [-0.15, -0.1) is 0 Å². The fourth-order valence-corrected chi connectivity index (χ4v) is 3.15. The van der Waals surface area contributed by atoms with Crippen LogP contribution in [0.2, 0.25) is 0 Å². The second-order valence-electron chi connectivity index (χ2n) is 6.59. The Morgan fingerprint density at radius 2 is 1.82 bits per heavy atom. The number of aromatic amines is 1. The van der Waals surface area contributed by atoms with Crippen molar-refractivity contribution < 1.29 is 8.78 Å². The molecule has 0 atom stereocenters. The van der Waals surface area contributed by atoms with Crippen molar-refractivity contribution in [1.82, 2.24) is 20.1 Å². The Kier molecular flexibility index (Phi) is 4.75. The molecule has 0 saturated heterocycles. The number of pyridine rings is 1. The average molecular weight is 380 g/mol. The molecule has 7 heteroatoms. The highest BCUT2D eigenvalue weighted by Gasteiger charge is 2.13. The molecule has 0 saturated carbocycles. The van der Waals surface area contributed by atoms with Crippen molar-refractivity contribution >= 4 is 11.0 Å². The number of rotatable bonds is 5. The van der Waals surface area contributed by atoms with Crippen molar-refractivity contribution in [2.45, 2.75) is 20.0 Å². The molecule has 0 aliphatic heterocycles. The molecule has 0 bridgehead atoms. The van der Waals surface area contributed by atoms with Crippen LogP contribution in [0.3, 0.4) is 0 Å². The first-order chi connectivity index (χ1) is 13.5. The van der Waals surface area contributed by atoms with Gasteiger partial charge >= 0.3 is 0 Å². The number of H-pyrrole nitrogens is 1. The summed E-state index contributed by atoms with van der Waals surface area (Å²) in [6.07, 6.45) is 0. The van der Waals surface area contributed by atoms with Gasteiger partial charge in [-0.2, -0.15) is 5.10 Å². The predicted molar refractivity (Wildman–Crippen MR) is 103 cm³/mol. The van der Waals surface area contributed by atoms with E-state index in [1.807, 2.05) is 13.0 Å². The quantitative estimate of drug-likeness (QED) is 0.556. The Labute approximate surface area is 159 Å². The number of aromatic nitrogens is 3. The second-order valence-corrected chi connectivity index (χ2v) is 6.59. The number of hydrogen-bond donors (Lipinski definition) is 2. The Bertz CT molecular complexity index is 1200. The highest BCUT2D eigenvalue weighted by Crippen LogP contribution is 2.20. The van der Waals surface area contributed by atoms with Crippen LogP contribution in [0.4, 0.5) is 8.78 Å². The largest absolute Gasteiger partial charge is 0.308 e. The molecular formula is C21H18F2N4O. The topological polar surface area (TPSA) is 62.7 Å². The van der Waals surface area contributed by atoms with Crippen molar-refractivity contribution in [2.75, 3.05) is 0 Å². The molecule has 142 valence electrons. The first-order valence-corrected chi connectivity index (χ1v) is 8.84. The summed E-state index contributed by atoms with van der Waals surface area (Å²) >= 11 is 0. The molecule has 4 aromatic rings. The fourth-order valence-electron chi connectivity index (χ4n) is 3.15. The highest BCUT2D eigenvalue weighted by atomic mass is 19.1. The summed E-state index contributed by atoms with van der Waals surface area (Å²) in [5.41, 5.74) is 3.10. The molecule has 2 heterocycles. The Morgan fingerprint density at radius 3 is 2.57 bits per heavy atom. The minimum Gasteiger partial charge on any atom is -0.308 e. The van der Waals surface area contributed by atoms with Crippen molar-refractivity contribution in [3.05, 3.63) is 93.4 Å². The minimum atomic E-state index is -0.336. The zero-order valence-corrected chi connectivity index (χ0v) is 15.2. The van der Waals surface area contributed by atoms with E-state index in [9.17, 15) is 13.6 Å². The maximum Gasteiger partial charge on any atom is 0.254 e. The number of halogens is 2. The molecule has 0 aliphatic carbocycles. The van der Waals surface area contributed by atoms with Crippen molar-refractivity contribution in [1.29, 1.82) is 0 Å².